The van der Waals surface area contributed by atoms with Gasteiger partial charge in [-0.1, -0.05) is 0 Å². The second kappa shape index (κ2) is 7.48. The Morgan fingerprint density at radius 1 is 1.48 bits per heavy atom. The number of rotatable bonds is 6. The van der Waals surface area contributed by atoms with Crippen molar-refractivity contribution in [3.8, 4) is 0 Å². The molecule has 5 nitrogen and oxygen atoms in total. The summed E-state index contributed by atoms with van der Waals surface area (Å²) in [5, 5.41) is 2.26. The lowest BCUT2D eigenvalue weighted by atomic mass is 10.2. The van der Waals surface area contributed by atoms with Crippen molar-refractivity contribution in [3.63, 3.8) is 0 Å². The Morgan fingerprint density at radius 2 is 2.10 bits per heavy atom. The summed E-state index contributed by atoms with van der Waals surface area (Å²) in [5.74, 6) is -3.82. The molecule has 1 rings (SSSR count). The first-order valence-electron chi connectivity index (χ1n) is 5.59. The Balaban J connectivity index is 3.16. The smallest absolute Gasteiger partial charge is 0.265 e. The van der Waals surface area contributed by atoms with Gasteiger partial charge in [0.15, 0.2) is 5.82 Å². The lowest BCUT2D eigenvalue weighted by molar-refractivity contribution is 0.0939. The van der Waals surface area contributed by atoms with Gasteiger partial charge in [0.25, 0.3) is 15.0 Å². The largest absolute Gasteiger partial charge is 0.385 e. The molecule has 0 aliphatic heterocycles. The molecule has 0 radical (unpaired) electrons. The van der Waals surface area contributed by atoms with Gasteiger partial charge in [-0.15, -0.1) is 0 Å². The highest BCUT2D eigenvalue weighted by molar-refractivity contribution is 9.10. The molecule has 0 atom stereocenters. The highest BCUT2D eigenvalue weighted by Crippen LogP contribution is 2.31. The molecule has 0 unspecified atom stereocenters. The van der Waals surface area contributed by atoms with Gasteiger partial charge in [-0.05, 0) is 28.4 Å². The van der Waals surface area contributed by atoms with Crippen LogP contribution in [-0.2, 0) is 13.8 Å². The van der Waals surface area contributed by atoms with Gasteiger partial charge in [0, 0.05) is 35.4 Å². The van der Waals surface area contributed by atoms with Gasteiger partial charge in [-0.3, -0.25) is 4.79 Å². The van der Waals surface area contributed by atoms with E-state index < -0.39 is 41.5 Å². The minimum atomic E-state index is -4.48. The van der Waals surface area contributed by atoms with Crippen molar-refractivity contribution >= 4 is 41.6 Å². The van der Waals surface area contributed by atoms with Crippen LogP contribution in [0.5, 0.6) is 0 Å². The fraction of sp³-hybridized carbons (Fsp3) is 0.364. The van der Waals surface area contributed by atoms with Crippen molar-refractivity contribution in [2.45, 2.75) is 11.3 Å². The second-order valence-corrected chi connectivity index (χ2v) is 7.26. The highest BCUT2D eigenvalue weighted by Gasteiger charge is 2.29. The van der Waals surface area contributed by atoms with Crippen LogP contribution in [0.15, 0.2) is 15.4 Å². The summed E-state index contributed by atoms with van der Waals surface area (Å²) in [5.41, 5.74) is -1.00. The molecule has 21 heavy (non-hydrogen) atoms. The molecular weight excluding hydrogens is 396 g/mol. The van der Waals surface area contributed by atoms with Gasteiger partial charge < -0.3 is 10.1 Å². The molecule has 1 aromatic carbocycles. The maximum atomic E-state index is 14.1. The van der Waals surface area contributed by atoms with E-state index in [1.807, 2.05) is 0 Å². The zero-order valence-corrected chi connectivity index (χ0v) is 13.9. The molecule has 10 heteroatoms. The van der Waals surface area contributed by atoms with E-state index in [1.54, 1.807) is 0 Å². The van der Waals surface area contributed by atoms with E-state index in [0.29, 0.717) is 19.1 Å². The minimum Gasteiger partial charge on any atom is -0.385 e. The van der Waals surface area contributed by atoms with E-state index >= 15 is 0 Å². The lowest BCUT2D eigenvalue weighted by Crippen LogP contribution is -2.27. The first-order chi connectivity index (χ1) is 9.70. The van der Waals surface area contributed by atoms with Gasteiger partial charge in [0.1, 0.15) is 16.3 Å². The number of hydrogen-bond donors (Lipinski definition) is 1. The molecule has 1 N–H and O–H groups in total. The first-order valence-corrected chi connectivity index (χ1v) is 8.69. The maximum Gasteiger partial charge on any atom is 0.265 e. The van der Waals surface area contributed by atoms with Crippen LogP contribution in [0.3, 0.4) is 0 Å². The fourth-order valence-corrected chi connectivity index (χ4v) is 3.87. The Labute approximate surface area is 133 Å². The third kappa shape index (κ3) is 4.60. The molecule has 0 aromatic heterocycles. The van der Waals surface area contributed by atoms with Crippen LogP contribution in [0.4, 0.5) is 8.78 Å². The molecule has 0 saturated heterocycles. The molecule has 0 saturated carbocycles. The number of carbonyl (C=O) groups is 1. The number of nitrogens with one attached hydrogen (secondary N) is 1. The van der Waals surface area contributed by atoms with Gasteiger partial charge in [-0.25, -0.2) is 17.2 Å². The number of ether oxygens (including phenoxy) is 1. The maximum absolute atomic E-state index is 14.1. The predicted molar refractivity (Wildman–Crippen MR) is 75.9 cm³/mol. The SMILES string of the molecule is COCCCNC(=O)c1c(F)cc(Br)c(S(=O)(=O)Cl)c1F. The summed E-state index contributed by atoms with van der Waals surface area (Å²) in [6.07, 6.45) is 0.433. The quantitative estimate of drug-likeness (QED) is 0.582. The average molecular weight is 407 g/mol. The highest BCUT2D eigenvalue weighted by atomic mass is 79.9. The summed E-state index contributed by atoms with van der Waals surface area (Å²) in [6, 6.07) is 0.669. The van der Waals surface area contributed by atoms with Crippen LogP contribution >= 0.6 is 26.6 Å². The Hall–Kier alpha value is -0.770. The van der Waals surface area contributed by atoms with Crippen LogP contribution in [0.25, 0.3) is 0 Å². The van der Waals surface area contributed by atoms with E-state index in [1.165, 1.54) is 7.11 Å². The van der Waals surface area contributed by atoms with Gasteiger partial charge >= 0.3 is 0 Å². The molecule has 0 fully saturated rings. The van der Waals surface area contributed by atoms with Crippen molar-refractivity contribution in [3.05, 3.63) is 27.7 Å². The van der Waals surface area contributed by atoms with E-state index in [2.05, 4.69) is 21.2 Å². The summed E-state index contributed by atoms with van der Waals surface area (Å²) in [7, 11) is 2.06. The molecular formula is C11H11BrClF2NO4S. The summed E-state index contributed by atoms with van der Waals surface area (Å²) >= 11 is 2.70. The fourth-order valence-electron chi connectivity index (χ4n) is 1.51. The second-order valence-electron chi connectivity index (χ2n) is 3.90. The Kier molecular flexibility index (Phi) is 6.51. The van der Waals surface area contributed by atoms with Gasteiger partial charge in [0.05, 0.1) is 0 Å². The molecule has 1 aromatic rings. The Bertz CT molecular complexity index is 654. The van der Waals surface area contributed by atoms with Gasteiger partial charge in [0.2, 0.25) is 0 Å². The molecule has 1 amide bonds. The van der Waals surface area contributed by atoms with Crippen molar-refractivity contribution in [2.75, 3.05) is 20.3 Å². The molecule has 0 spiro atoms. The zero-order chi connectivity index (χ0) is 16.2. The summed E-state index contributed by atoms with van der Waals surface area (Å²) in [4.78, 5) is 10.8. The van der Waals surface area contributed by atoms with E-state index in [0.717, 1.165) is 0 Å². The summed E-state index contributed by atoms with van der Waals surface area (Å²) < 4.78 is 54.7. The molecule has 118 valence electrons. The molecule has 0 aliphatic carbocycles. The van der Waals surface area contributed by atoms with E-state index in [4.69, 9.17) is 15.4 Å². The van der Waals surface area contributed by atoms with Gasteiger partial charge in [-0.2, -0.15) is 0 Å². The monoisotopic (exact) mass is 405 g/mol. The number of benzene rings is 1. The number of carbonyl (C=O) groups excluding carboxylic acids is 1. The van der Waals surface area contributed by atoms with Crippen molar-refractivity contribution in [1.29, 1.82) is 0 Å². The third-order valence-electron chi connectivity index (χ3n) is 2.41. The molecule has 0 heterocycles. The third-order valence-corrected chi connectivity index (χ3v) is 4.65. The molecule has 0 bridgehead atoms. The number of halogens is 4. The first kappa shape index (κ1) is 18.3. The van der Waals surface area contributed by atoms with Crippen molar-refractivity contribution < 1.29 is 26.7 Å². The number of methoxy groups -OCH3 is 1. The Morgan fingerprint density at radius 3 is 2.62 bits per heavy atom. The van der Waals surface area contributed by atoms with Crippen molar-refractivity contribution in [2.24, 2.45) is 0 Å². The van der Waals surface area contributed by atoms with Crippen LogP contribution in [0.1, 0.15) is 16.8 Å². The topological polar surface area (TPSA) is 72.5 Å². The molecule has 0 aliphatic rings. The minimum absolute atomic E-state index is 0.116. The average Bonchev–Trinajstić information content (AvgIpc) is 2.32. The number of amides is 1. The standard InChI is InChI=1S/C11H11BrClF2NO4S/c1-20-4-2-3-16-11(17)8-7(14)5-6(12)10(9(8)15)21(13,18)19/h5H,2-4H2,1H3,(H,16,17). The van der Waals surface area contributed by atoms with Crippen LogP contribution in [0, 0.1) is 11.6 Å². The van der Waals surface area contributed by atoms with Crippen LogP contribution in [0.2, 0.25) is 0 Å². The predicted octanol–water partition coefficient (Wildman–Crippen LogP) is 2.42. The van der Waals surface area contributed by atoms with E-state index in [-0.39, 0.29) is 6.54 Å². The lowest BCUT2D eigenvalue weighted by Gasteiger charge is -2.10. The zero-order valence-electron chi connectivity index (χ0n) is 10.8. The normalized spacial score (nSPS) is 11.5. The summed E-state index contributed by atoms with van der Waals surface area (Å²) in [6.45, 7) is 0.470. The number of hydrogen-bond acceptors (Lipinski definition) is 4. The van der Waals surface area contributed by atoms with E-state index in [9.17, 15) is 22.0 Å². The van der Waals surface area contributed by atoms with Crippen LogP contribution < -0.4 is 5.32 Å². The van der Waals surface area contributed by atoms with Crippen LogP contribution in [-0.4, -0.2) is 34.6 Å². The van der Waals surface area contributed by atoms with Crippen molar-refractivity contribution in [1.82, 2.24) is 5.32 Å².